The number of carbonyl (C=O) groups excluding carboxylic acids is 2. The van der Waals surface area contributed by atoms with Crippen LogP contribution < -0.4 is 15.4 Å². The molecule has 172 valence electrons. The van der Waals surface area contributed by atoms with Gasteiger partial charge in [-0.2, -0.15) is 0 Å². The zero-order valence-electron chi connectivity index (χ0n) is 18.8. The summed E-state index contributed by atoms with van der Waals surface area (Å²) in [5.74, 6) is 0.481. The SMILES string of the molecule is CCCCCCOc1ccc(C(=O)Nc2ccc(C(=O)NC3CCCCC3)cc2)cc1Br. The molecule has 0 bridgehead atoms. The van der Waals surface area contributed by atoms with Crippen LogP contribution in [0.4, 0.5) is 5.69 Å². The van der Waals surface area contributed by atoms with Crippen molar-refractivity contribution in [2.45, 2.75) is 70.8 Å². The second kappa shape index (κ2) is 12.6. The van der Waals surface area contributed by atoms with Gasteiger partial charge in [0.1, 0.15) is 5.75 Å². The van der Waals surface area contributed by atoms with Crippen LogP contribution in [0.15, 0.2) is 46.9 Å². The fourth-order valence-electron chi connectivity index (χ4n) is 3.89. The van der Waals surface area contributed by atoms with E-state index in [9.17, 15) is 9.59 Å². The summed E-state index contributed by atoms with van der Waals surface area (Å²) in [5.41, 5.74) is 1.79. The highest BCUT2D eigenvalue weighted by Crippen LogP contribution is 2.27. The molecule has 1 aliphatic rings. The number of carbonyl (C=O) groups is 2. The Morgan fingerprint density at radius 3 is 2.34 bits per heavy atom. The van der Waals surface area contributed by atoms with Gasteiger partial charge in [-0.3, -0.25) is 9.59 Å². The minimum atomic E-state index is -0.209. The smallest absolute Gasteiger partial charge is 0.255 e. The molecule has 2 amide bonds. The van der Waals surface area contributed by atoms with Crippen molar-refractivity contribution in [2.24, 2.45) is 0 Å². The van der Waals surface area contributed by atoms with Gasteiger partial charge >= 0.3 is 0 Å². The summed E-state index contributed by atoms with van der Waals surface area (Å²) in [6.07, 6.45) is 10.3. The Labute approximate surface area is 199 Å². The molecule has 1 fully saturated rings. The van der Waals surface area contributed by atoms with Gasteiger partial charge in [-0.1, -0.05) is 45.4 Å². The summed E-state index contributed by atoms with van der Waals surface area (Å²) in [6, 6.07) is 12.6. The molecule has 0 radical (unpaired) electrons. The van der Waals surface area contributed by atoms with E-state index < -0.39 is 0 Å². The third kappa shape index (κ3) is 7.37. The van der Waals surface area contributed by atoms with Gasteiger partial charge in [0, 0.05) is 22.9 Å². The number of nitrogens with one attached hydrogen (secondary N) is 2. The van der Waals surface area contributed by atoms with E-state index in [-0.39, 0.29) is 17.9 Å². The fourth-order valence-corrected chi connectivity index (χ4v) is 4.39. The fraction of sp³-hybridized carbons (Fsp3) is 0.462. The van der Waals surface area contributed by atoms with Crippen LogP contribution in [0.3, 0.4) is 0 Å². The largest absolute Gasteiger partial charge is 0.492 e. The molecule has 6 heteroatoms. The van der Waals surface area contributed by atoms with Crippen molar-refractivity contribution in [3.05, 3.63) is 58.1 Å². The monoisotopic (exact) mass is 500 g/mol. The van der Waals surface area contributed by atoms with E-state index in [1.807, 2.05) is 6.07 Å². The van der Waals surface area contributed by atoms with Crippen LogP contribution in [0.5, 0.6) is 5.75 Å². The predicted molar refractivity (Wildman–Crippen MR) is 133 cm³/mol. The molecule has 2 aromatic carbocycles. The maximum absolute atomic E-state index is 12.6. The zero-order chi connectivity index (χ0) is 22.8. The summed E-state index contributed by atoms with van der Waals surface area (Å²) in [4.78, 5) is 25.1. The Morgan fingerprint density at radius 2 is 1.66 bits per heavy atom. The average molecular weight is 501 g/mol. The van der Waals surface area contributed by atoms with Gasteiger partial charge < -0.3 is 15.4 Å². The first kappa shape index (κ1) is 24.3. The number of unbranched alkanes of at least 4 members (excludes halogenated alkanes) is 3. The Bertz CT molecular complexity index is 892. The molecular formula is C26H33BrN2O3. The van der Waals surface area contributed by atoms with Crippen molar-refractivity contribution in [2.75, 3.05) is 11.9 Å². The molecule has 3 rings (SSSR count). The van der Waals surface area contributed by atoms with Crippen molar-refractivity contribution < 1.29 is 14.3 Å². The molecule has 2 N–H and O–H groups in total. The van der Waals surface area contributed by atoms with Crippen molar-refractivity contribution in [3.63, 3.8) is 0 Å². The molecule has 0 aliphatic heterocycles. The molecule has 0 heterocycles. The Hall–Kier alpha value is -2.34. The van der Waals surface area contributed by atoms with Crippen LogP contribution in [0.2, 0.25) is 0 Å². The van der Waals surface area contributed by atoms with Crippen LogP contribution in [0.1, 0.15) is 85.4 Å². The molecule has 0 saturated heterocycles. The number of rotatable bonds is 10. The molecule has 32 heavy (non-hydrogen) atoms. The first-order valence-corrected chi connectivity index (χ1v) is 12.5. The first-order chi connectivity index (χ1) is 15.6. The van der Waals surface area contributed by atoms with E-state index in [2.05, 4.69) is 33.5 Å². The summed E-state index contributed by atoms with van der Waals surface area (Å²) >= 11 is 3.50. The van der Waals surface area contributed by atoms with E-state index in [1.165, 1.54) is 32.1 Å². The lowest BCUT2D eigenvalue weighted by atomic mass is 9.95. The van der Waals surface area contributed by atoms with E-state index in [4.69, 9.17) is 4.74 Å². The van der Waals surface area contributed by atoms with Gasteiger partial charge in [0.15, 0.2) is 0 Å². The summed E-state index contributed by atoms with van der Waals surface area (Å²) < 4.78 is 6.57. The number of halogens is 1. The molecule has 5 nitrogen and oxygen atoms in total. The summed E-state index contributed by atoms with van der Waals surface area (Å²) in [5, 5.41) is 6.00. The van der Waals surface area contributed by atoms with E-state index >= 15 is 0 Å². The maximum atomic E-state index is 12.6. The lowest BCUT2D eigenvalue weighted by Crippen LogP contribution is -2.36. The van der Waals surface area contributed by atoms with Gasteiger partial charge in [-0.05, 0) is 77.7 Å². The van der Waals surface area contributed by atoms with Crippen molar-refractivity contribution in [1.29, 1.82) is 0 Å². The summed E-state index contributed by atoms with van der Waals surface area (Å²) in [7, 11) is 0. The zero-order valence-corrected chi connectivity index (χ0v) is 20.4. The minimum absolute atomic E-state index is 0.0519. The van der Waals surface area contributed by atoms with E-state index in [1.54, 1.807) is 36.4 Å². The van der Waals surface area contributed by atoms with Crippen molar-refractivity contribution in [1.82, 2.24) is 5.32 Å². The van der Waals surface area contributed by atoms with E-state index in [0.29, 0.717) is 23.4 Å². The highest BCUT2D eigenvalue weighted by atomic mass is 79.9. The maximum Gasteiger partial charge on any atom is 0.255 e. The first-order valence-electron chi connectivity index (χ1n) is 11.7. The second-order valence-electron chi connectivity index (χ2n) is 8.39. The van der Waals surface area contributed by atoms with Crippen LogP contribution in [0.25, 0.3) is 0 Å². The van der Waals surface area contributed by atoms with Crippen molar-refractivity contribution in [3.8, 4) is 5.75 Å². The number of amides is 2. The van der Waals surface area contributed by atoms with Gasteiger partial charge in [0.25, 0.3) is 11.8 Å². The number of anilines is 1. The van der Waals surface area contributed by atoms with Crippen LogP contribution >= 0.6 is 15.9 Å². The van der Waals surface area contributed by atoms with Gasteiger partial charge in [0.05, 0.1) is 11.1 Å². The average Bonchev–Trinajstić information content (AvgIpc) is 2.81. The highest BCUT2D eigenvalue weighted by Gasteiger charge is 2.17. The topological polar surface area (TPSA) is 67.4 Å². The Morgan fingerprint density at radius 1 is 0.938 bits per heavy atom. The van der Waals surface area contributed by atoms with Gasteiger partial charge in [0.2, 0.25) is 0 Å². The lowest BCUT2D eigenvalue weighted by Gasteiger charge is -2.22. The van der Waals surface area contributed by atoms with Gasteiger partial charge in [-0.15, -0.1) is 0 Å². The third-order valence-electron chi connectivity index (χ3n) is 5.79. The molecule has 1 aliphatic carbocycles. The molecular weight excluding hydrogens is 468 g/mol. The lowest BCUT2D eigenvalue weighted by molar-refractivity contribution is 0.0927. The highest BCUT2D eigenvalue weighted by molar-refractivity contribution is 9.10. The minimum Gasteiger partial charge on any atom is -0.492 e. The standard InChI is InChI=1S/C26H33BrN2O3/c1-2-3-4-8-17-32-24-16-13-20(18-23(24)27)26(31)29-22-14-11-19(12-15-22)25(30)28-21-9-6-5-7-10-21/h11-16,18,21H,2-10,17H2,1H3,(H,28,30)(H,29,31). The van der Waals surface area contributed by atoms with Crippen LogP contribution in [-0.2, 0) is 0 Å². The van der Waals surface area contributed by atoms with Crippen LogP contribution in [0, 0.1) is 0 Å². The molecule has 0 spiro atoms. The molecule has 1 saturated carbocycles. The normalized spacial score (nSPS) is 14.1. The quantitative estimate of drug-likeness (QED) is 0.355. The number of hydrogen-bond donors (Lipinski definition) is 2. The third-order valence-corrected chi connectivity index (χ3v) is 6.41. The number of hydrogen-bond acceptors (Lipinski definition) is 3. The number of ether oxygens (including phenoxy) is 1. The molecule has 0 unspecified atom stereocenters. The summed E-state index contributed by atoms with van der Waals surface area (Å²) in [6.45, 7) is 2.86. The second-order valence-corrected chi connectivity index (χ2v) is 9.25. The molecule has 0 atom stereocenters. The number of benzene rings is 2. The Balaban J connectivity index is 1.51. The molecule has 0 aromatic heterocycles. The van der Waals surface area contributed by atoms with Crippen LogP contribution in [-0.4, -0.2) is 24.5 Å². The van der Waals surface area contributed by atoms with Crippen molar-refractivity contribution >= 4 is 33.4 Å². The van der Waals surface area contributed by atoms with E-state index in [0.717, 1.165) is 35.9 Å². The van der Waals surface area contributed by atoms with Gasteiger partial charge in [-0.25, -0.2) is 0 Å². The Kier molecular flexibility index (Phi) is 9.60. The predicted octanol–water partition coefficient (Wildman–Crippen LogP) is 6.72. The molecule has 2 aromatic rings.